The molecule has 2 aromatic heterocycles. The summed E-state index contributed by atoms with van der Waals surface area (Å²) in [6.07, 6.45) is 4.46. The first-order chi connectivity index (χ1) is 7.33. The summed E-state index contributed by atoms with van der Waals surface area (Å²) in [5.74, 6) is 0.802. The fourth-order valence-corrected chi connectivity index (χ4v) is 1.42. The van der Waals surface area contributed by atoms with Gasteiger partial charge in [0.05, 0.1) is 17.9 Å². The summed E-state index contributed by atoms with van der Waals surface area (Å²) in [7, 11) is 0. The van der Waals surface area contributed by atoms with Crippen LogP contribution in [0.15, 0.2) is 18.5 Å². The number of aromatic nitrogens is 3. The lowest BCUT2D eigenvalue weighted by Crippen LogP contribution is -2.00. The highest BCUT2D eigenvalue weighted by Gasteiger charge is 2.00. The number of hydrogen-bond acceptors (Lipinski definition) is 4. The summed E-state index contributed by atoms with van der Waals surface area (Å²) in [6, 6.07) is 1.98. The van der Waals surface area contributed by atoms with Crippen LogP contribution < -0.4 is 5.32 Å². The second kappa shape index (κ2) is 4.21. The van der Waals surface area contributed by atoms with Gasteiger partial charge in [0.25, 0.3) is 0 Å². The highest BCUT2D eigenvalue weighted by molar-refractivity contribution is 5.74. The molecule has 0 radical (unpaired) electrons. The average Bonchev–Trinajstić information content (AvgIpc) is 2.29. The summed E-state index contributed by atoms with van der Waals surface area (Å²) >= 11 is 0. The number of anilines is 1. The van der Waals surface area contributed by atoms with E-state index in [0.717, 1.165) is 35.5 Å². The molecule has 0 aromatic carbocycles. The van der Waals surface area contributed by atoms with E-state index >= 15 is 0 Å². The Morgan fingerprint density at radius 1 is 1.13 bits per heavy atom. The van der Waals surface area contributed by atoms with Gasteiger partial charge in [-0.2, -0.15) is 0 Å². The van der Waals surface area contributed by atoms with E-state index in [1.54, 1.807) is 12.4 Å². The third-order valence-electron chi connectivity index (χ3n) is 2.21. The van der Waals surface area contributed by atoms with Gasteiger partial charge in [-0.05, 0) is 19.4 Å². The molecule has 0 saturated carbocycles. The highest BCUT2D eigenvalue weighted by atomic mass is 15.0. The zero-order chi connectivity index (χ0) is 10.7. The molecule has 0 amide bonds. The van der Waals surface area contributed by atoms with Crippen LogP contribution in [0.1, 0.15) is 19.5 Å². The molecule has 0 atom stereocenters. The molecule has 15 heavy (non-hydrogen) atoms. The molecule has 0 bridgehead atoms. The largest absolute Gasteiger partial charge is 0.369 e. The number of aryl methyl sites for hydroxylation is 1. The van der Waals surface area contributed by atoms with Crippen LogP contribution in [0.3, 0.4) is 0 Å². The maximum Gasteiger partial charge on any atom is 0.145 e. The number of rotatable bonds is 3. The van der Waals surface area contributed by atoms with Crippen LogP contribution in [0.4, 0.5) is 5.82 Å². The van der Waals surface area contributed by atoms with Crippen molar-refractivity contribution in [3.8, 4) is 0 Å². The van der Waals surface area contributed by atoms with Gasteiger partial charge in [0.2, 0.25) is 0 Å². The Morgan fingerprint density at radius 3 is 2.73 bits per heavy atom. The van der Waals surface area contributed by atoms with E-state index in [1.807, 2.05) is 13.0 Å². The average molecular weight is 202 g/mol. The smallest absolute Gasteiger partial charge is 0.145 e. The van der Waals surface area contributed by atoms with E-state index in [4.69, 9.17) is 0 Å². The number of nitrogens with zero attached hydrogens (tertiary/aromatic N) is 3. The molecule has 4 heteroatoms. The monoisotopic (exact) mass is 202 g/mol. The predicted molar refractivity (Wildman–Crippen MR) is 60.9 cm³/mol. The van der Waals surface area contributed by atoms with Crippen molar-refractivity contribution in [1.29, 1.82) is 0 Å². The van der Waals surface area contributed by atoms with Crippen molar-refractivity contribution in [2.45, 2.75) is 20.3 Å². The van der Waals surface area contributed by atoms with Gasteiger partial charge in [0, 0.05) is 12.2 Å². The van der Waals surface area contributed by atoms with Crippen LogP contribution >= 0.6 is 0 Å². The summed E-state index contributed by atoms with van der Waals surface area (Å²) in [4.78, 5) is 13.0. The molecule has 0 saturated heterocycles. The fraction of sp³-hybridized carbons (Fsp3) is 0.364. The third-order valence-corrected chi connectivity index (χ3v) is 2.21. The molecular formula is C11H14N4. The molecular weight excluding hydrogens is 188 g/mol. The maximum atomic E-state index is 4.40. The van der Waals surface area contributed by atoms with Gasteiger partial charge < -0.3 is 5.32 Å². The molecule has 78 valence electrons. The van der Waals surface area contributed by atoms with Crippen LogP contribution in [0.5, 0.6) is 0 Å². The normalized spacial score (nSPS) is 10.5. The van der Waals surface area contributed by atoms with Crippen molar-refractivity contribution >= 4 is 16.9 Å². The Balaban J connectivity index is 2.45. The molecule has 4 nitrogen and oxygen atoms in total. The first-order valence-corrected chi connectivity index (χ1v) is 5.19. The molecule has 0 unspecified atom stereocenters. The summed E-state index contributed by atoms with van der Waals surface area (Å²) in [6.45, 7) is 4.96. The molecule has 1 N–H and O–H groups in total. The van der Waals surface area contributed by atoms with Crippen LogP contribution in [0.2, 0.25) is 0 Å². The lowest BCUT2D eigenvalue weighted by atomic mass is 10.2. The van der Waals surface area contributed by atoms with E-state index in [0.29, 0.717) is 0 Å². The number of pyridine rings is 1. The van der Waals surface area contributed by atoms with Gasteiger partial charge in [0.15, 0.2) is 0 Å². The zero-order valence-electron chi connectivity index (χ0n) is 8.99. The maximum absolute atomic E-state index is 4.40. The topological polar surface area (TPSA) is 50.7 Å². The lowest BCUT2D eigenvalue weighted by molar-refractivity contribution is 1.04. The van der Waals surface area contributed by atoms with E-state index in [-0.39, 0.29) is 0 Å². The number of hydrogen-bond donors (Lipinski definition) is 1. The Hall–Kier alpha value is -1.71. The van der Waals surface area contributed by atoms with Gasteiger partial charge in [-0.1, -0.05) is 6.92 Å². The minimum atomic E-state index is 0.802. The van der Waals surface area contributed by atoms with Gasteiger partial charge in [-0.25, -0.2) is 4.98 Å². The third kappa shape index (κ3) is 2.03. The quantitative estimate of drug-likeness (QED) is 0.827. The second-order valence-electron chi connectivity index (χ2n) is 3.30. The first-order valence-electron chi connectivity index (χ1n) is 5.19. The van der Waals surface area contributed by atoms with Crippen LogP contribution in [-0.4, -0.2) is 21.5 Å². The van der Waals surface area contributed by atoms with Gasteiger partial charge in [-0.15, -0.1) is 0 Å². The molecule has 0 spiro atoms. The molecule has 0 aliphatic rings. The van der Waals surface area contributed by atoms with Crippen molar-refractivity contribution < 1.29 is 0 Å². The number of nitrogens with one attached hydrogen (secondary N) is 1. The van der Waals surface area contributed by atoms with Gasteiger partial charge in [-0.3, -0.25) is 9.97 Å². The van der Waals surface area contributed by atoms with E-state index in [9.17, 15) is 0 Å². The standard InChI is InChI=1S/C11H14N4/c1-3-8-5-9-10(6-13-8)15-11(7-14-9)12-4-2/h5-7H,3-4H2,1-2H3,(H,12,15). The zero-order valence-corrected chi connectivity index (χ0v) is 8.99. The molecule has 0 fully saturated rings. The summed E-state index contributed by atoms with van der Waals surface area (Å²) < 4.78 is 0. The Morgan fingerprint density at radius 2 is 2.00 bits per heavy atom. The Labute approximate surface area is 88.8 Å². The Kier molecular flexibility index (Phi) is 2.76. The minimum Gasteiger partial charge on any atom is -0.369 e. The first kappa shape index (κ1) is 9.83. The predicted octanol–water partition coefficient (Wildman–Crippen LogP) is 2.02. The SMILES string of the molecule is CCNc1cnc2cc(CC)ncc2n1. The summed E-state index contributed by atoms with van der Waals surface area (Å²) in [5.41, 5.74) is 2.79. The molecule has 2 rings (SSSR count). The van der Waals surface area contributed by atoms with Crippen LogP contribution in [-0.2, 0) is 6.42 Å². The minimum absolute atomic E-state index is 0.802. The molecule has 2 heterocycles. The van der Waals surface area contributed by atoms with Gasteiger partial charge >= 0.3 is 0 Å². The van der Waals surface area contributed by atoms with Crippen molar-refractivity contribution in [2.24, 2.45) is 0 Å². The van der Waals surface area contributed by atoms with Gasteiger partial charge in [0.1, 0.15) is 11.3 Å². The molecule has 0 aliphatic carbocycles. The second-order valence-corrected chi connectivity index (χ2v) is 3.30. The fourth-order valence-electron chi connectivity index (χ4n) is 1.42. The molecule has 0 aliphatic heterocycles. The Bertz CT molecular complexity index is 467. The van der Waals surface area contributed by atoms with E-state index < -0.39 is 0 Å². The van der Waals surface area contributed by atoms with E-state index in [1.165, 1.54) is 0 Å². The van der Waals surface area contributed by atoms with Crippen LogP contribution in [0.25, 0.3) is 11.0 Å². The van der Waals surface area contributed by atoms with E-state index in [2.05, 4.69) is 27.2 Å². The summed E-state index contributed by atoms with van der Waals surface area (Å²) in [5, 5.41) is 3.13. The van der Waals surface area contributed by atoms with Crippen molar-refractivity contribution in [3.05, 3.63) is 24.2 Å². The molecule has 2 aromatic rings. The van der Waals surface area contributed by atoms with Crippen molar-refractivity contribution in [3.63, 3.8) is 0 Å². The van der Waals surface area contributed by atoms with Crippen LogP contribution in [0, 0.1) is 0 Å². The lowest BCUT2D eigenvalue weighted by Gasteiger charge is -2.03. The van der Waals surface area contributed by atoms with Crippen molar-refractivity contribution in [2.75, 3.05) is 11.9 Å². The highest BCUT2D eigenvalue weighted by Crippen LogP contribution is 2.12. The van der Waals surface area contributed by atoms with Crippen molar-refractivity contribution in [1.82, 2.24) is 15.0 Å². The number of fused-ring (bicyclic) bond motifs is 1.